The minimum atomic E-state index is -0.233. The Labute approximate surface area is 161 Å². The molecule has 6 heteroatoms. The predicted octanol–water partition coefficient (Wildman–Crippen LogP) is 3.07. The van der Waals surface area contributed by atoms with Crippen molar-refractivity contribution < 1.29 is 4.79 Å². The standard InChI is InChI=1S/C21H19N3O2S/c1-3-13-24-21(26)16-10-6-5-9-15(16)18(23-24)14-22-20(25)17-11-7-8-12-19(17)27-4-2/h1,5-12H,4,13-14H2,2H3,(H,22,25). The van der Waals surface area contributed by atoms with Gasteiger partial charge in [0.15, 0.2) is 0 Å². The molecule has 0 aliphatic rings. The van der Waals surface area contributed by atoms with Gasteiger partial charge in [-0.05, 0) is 24.0 Å². The molecule has 1 amide bonds. The first-order valence-electron chi connectivity index (χ1n) is 8.58. The van der Waals surface area contributed by atoms with Crippen molar-refractivity contribution in [2.24, 2.45) is 0 Å². The topological polar surface area (TPSA) is 64.0 Å². The maximum atomic E-state index is 12.7. The van der Waals surface area contributed by atoms with Crippen molar-refractivity contribution in [3.05, 3.63) is 70.1 Å². The molecule has 0 fully saturated rings. The van der Waals surface area contributed by atoms with Crippen LogP contribution in [0.5, 0.6) is 0 Å². The van der Waals surface area contributed by atoms with Gasteiger partial charge in [0.2, 0.25) is 0 Å². The van der Waals surface area contributed by atoms with E-state index in [0.717, 1.165) is 10.6 Å². The molecule has 3 aromatic rings. The van der Waals surface area contributed by atoms with E-state index in [1.54, 1.807) is 30.0 Å². The SMILES string of the molecule is C#CCn1nc(CNC(=O)c2ccccc2SCC)c2ccccc2c1=O. The molecule has 136 valence electrons. The molecule has 0 spiro atoms. The molecular weight excluding hydrogens is 358 g/mol. The maximum Gasteiger partial charge on any atom is 0.275 e. The van der Waals surface area contributed by atoms with Crippen molar-refractivity contribution in [1.82, 2.24) is 15.1 Å². The summed E-state index contributed by atoms with van der Waals surface area (Å²) in [6.07, 6.45) is 5.35. The molecule has 1 N–H and O–H groups in total. The van der Waals surface area contributed by atoms with E-state index in [4.69, 9.17) is 6.42 Å². The zero-order valence-electron chi connectivity index (χ0n) is 14.9. The van der Waals surface area contributed by atoms with Crippen molar-refractivity contribution in [1.29, 1.82) is 0 Å². The highest BCUT2D eigenvalue weighted by Gasteiger charge is 2.14. The lowest BCUT2D eigenvalue weighted by Crippen LogP contribution is -2.28. The van der Waals surface area contributed by atoms with Crippen molar-refractivity contribution in [2.45, 2.75) is 24.9 Å². The van der Waals surface area contributed by atoms with E-state index in [1.165, 1.54) is 4.68 Å². The largest absolute Gasteiger partial charge is 0.346 e. The fraction of sp³-hybridized carbons (Fsp3) is 0.190. The molecule has 0 aliphatic heterocycles. The number of carbonyl (C=O) groups excluding carboxylic acids is 1. The number of aromatic nitrogens is 2. The zero-order valence-corrected chi connectivity index (χ0v) is 15.8. The molecule has 0 radical (unpaired) electrons. The minimum Gasteiger partial charge on any atom is -0.346 e. The maximum absolute atomic E-state index is 12.7. The van der Waals surface area contributed by atoms with Crippen molar-refractivity contribution in [3.63, 3.8) is 0 Å². The van der Waals surface area contributed by atoms with Crippen LogP contribution in [0.1, 0.15) is 23.0 Å². The van der Waals surface area contributed by atoms with Gasteiger partial charge >= 0.3 is 0 Å². The summed E-state index contributed by atoms with van der Waals surface area (Å²) >= 11 is 1.62. The third-order valence-corrected chi connectivity index (χ3v) is 4.99. The van der Waals surface area contributed by atoms with Crippen LogP contribution in [-0.4, -0.2) is 21.4 Å². The average molecular weight is 377 g/mol. The van der Waals surface area contributed by atoms with Crippen LogP contribution in [-0.2, 0) is 13.1 Å². The Morgan fingerprint density at radius 3 is 2.63 bits per heavy atom. The number of hydrogen-bond donors (Lipinski definition) is 1. The first-order valence-corrected chi connectivity index (χ1v) is 9.56. The third kappa shape index (κ3) is 4.04. The molecule has 0 aliphatic carbocycles. The first kappa shape index (κ1) is 18.7. The number of thioether (sulfide) groups is 1. The van der Waals surface area contributed by atoms with E-state index in [2.05, 4.69) is 16.3 Å². The summed E-state index contributed by atoms with van der Waals surface area (Å²) in [5, 5.41) is 8.52. The monoisotopic (exact) mass is 377 g/mol. The van der Waals surface area contributed by atoms with Crippen molar-refractivity contribution in [3.8, 4) is 12.3 Å². The van der Waals surface area contributed by atoms with Gasteiger partial charge in [-0.25, -0.2) is 4.68 Å². The molecular formula is C21H19N3O2S. The normalized spacial score (nSPS) is 10.5. The summed E-state index contributed by atoms with van der Waals surface area (Å²) in [6.45, 7) is 2.33. The highest BCUT2D eigenvalue weighted by atomic mass is 32.2. The van der Waals surface area contributed by atoms with Gasteiger partial charge in [0.1, 0.15) is 6.54 Å². The lowest BCUT2D eigenvalue weighted by Gasteiger charge is -2.12. The fourth-order valence-electron chi connectivity index (χ4n) is 2.82. The minimum absolute atomic E-state index is 0.0839. The van der Waals surface area contributed by atoms with Gasteiger partial charge in [-0.3, -0.25) is 9.59 Å². The molecule has 0 saturated heterocycles. The lowest BCUT2D eigenvalue weighted by atomic mass is 10.1. The number of amides is 1. The van der Waals surface area contributed by atoms with E-state index in [9.17, 15) is 9.59 Å². The Bertz CT molecular complexity index is 1080. The molecule has 0 bridgehead atoms. The van der Waals surface area contributed by atoms with Gasteiger partial charge in [-0.15, -0.1) is 18.2 Å². The number of nitrogens with zero attached hydrogens (tertiary/aromatic N) is 2. The molecule has 0 saturated carbocycles. The van der Waals surface area contributed by atoms with Gasteiger partial charge < -0.3 is 5.32 Å². The Hall–Kier alpha value is -3.04. The Morgan fingerprint density at radius 2 is 1.89 bits per heavy atom. The summed E-state index contributed by atoms with van der Waals surface area (Å²) in [5.74, 6) is 3.15. The van der Waals surface area contributed by atoms with Gasteiger partial charge in [-0.2, -0.15) is 5.10 Å². The fourth-order valence-corrected chi connectivity index (χ4v) is 3.63. The van der Waals surface area contributed by atoms with Crippen LogP contribution in [0.2, 0.25) is 0 Å². The molecule has 2 aromatic carbocycles. The summed E-state index contributed by atoms with van der Waals surface area (Å²) in [5.41, 5.74) is 1.00. The van der Waals surface area contributed by atoms with Crippen molar-refractivity contribution >= 4 is 28.4 Å². The van der Waals surface area contributed by atoms with Crippen molar-refractivity contribution in [2.75, 3.05) is 5.75 Å². The van der Waals surface area contributed by atoms with E-state index in [-0.39, 0.29) is 24.6 Å². The molecule has 0 unspecified atom stereocenters. The molecule has 5 nitrogen and oxygen atoms in total. The first-order chi connectivity index (χ1) is 13.2. The third-order valence-electron chi connectivity index (χ3n) is 4.03. The van der Waals surface area contributed by atoms with E-state index in [1.807, 2.05) is 37.3 Å². The summed E-state index contributed by atoms with van der Waals surface area (Å²) < 4.78 is 1.25. The number of hydrogen-bond acceptors (Lipinski definition) is 4. The van der Waals surface area contributed by atoms with Crippen LogP contribution in [0.4, 0.5) is 0 Å². The highest BCUT2D eigenvalue weighted by Crippen LogP contribution is 2.22. The second kappa shape index (κ2) is 8.56. The number of benzene rings is 2. The summed E-state index contributed by atoms with van der Waals surface area (Å²) in [4.78, 5) is 26.1. The van der Waals surface area contributed by atoms with Gasteiger partial charge in [-0.1, -0.05) is 43.2 Å². The highest BCUT2D eigenvalue weighted by molar-refractivity contribution is 7.99. The van der Waals surface area contributed by atoms with Crippen LogP contribution in [0.15, 0.2) is 58.2 Å². The Balaban J connectivity index is 1.91. The van der Waals surface area contributed by atoms with E-state index >= 15 is 0 Å². The van der Waals surface area contributed by atoms with Crippen LogP contribution >= 0.6 is 11.8 Å². The molecule has 1 heterocycles. The van der Waals surface area contributed by atoms with Crippen LogP contribution in [0.3, 0.4) is 0 Å². The molecule has 1 aromatic heterocycles. The number of rotatable bonds is 6. The van der Waals surface area contributed by atoms with Gasteiger partial charge in [0.25, 0.3) is 11.5 Å². The summed E-state index contributed by atoms with van der Waals surface area (Å²) in [6, 6.07) is 14.7. The average Bonchev–Trinajstić information content (AvgIpc) is 2.70. The molecule has 0 atom stereocenters. The van der Waals surface area contributed by atoms with Gasteiger partial charge in [0, 0.05) is 10.3 Å². The quantitative estimate of drug-likeness (QED) is 0.530. The smallest absolute Gasteiger partial charge is 0.275 e. The number of carbonyl (C=O) groups is 1. The molecule has 27 heavy (non-hydrogen) atoms. The Kier molecular flexibility index (Phi) is 5.94. The van der Waals surface area contributed by atoms with E-state index < -0.39 is 0 Å². The van der Waals surface area contributed by atoms with Gasteiger partial charge in [0.05, 0.1) is 23.2 Å². The summed E-state index contributed by atoms with van der Waals surface area (Å²) in [7, 11) is 0. The second-order valence-electron chi connectivity index (χ2n) is 5.77. The number of fused-ring (bicyclic) bond motifs is 1. The lowest BCUT2D eigenvalue weighted by molar-refractivity contribution is 0.0947. The number of nitrogens with one attached hydrogen (secondary N) is 1. The zero-order chi connectivity index (χ0) is 19.2. The van der Waals surface area contributed by atoms with Crippen LogP contribution in [0, 0.1) is 12.3 Å². The van der Waals surface area contributed by atoms with E-state index in [0.29, 0.717) is 22.0 Å². The van der Waals surface area contributed by atoms with Crippen LogP contribution in [0.25, 0.3) is 10.8 Å². The number of terminal acetylenes is 1. The second-order valence-corrected chi connectivity index (χ2v) is 7.08. The predicted molar refractivity (Wildman–Crippen MR) is 109 cm³/mol. The molecule has 3 rings (SSSR count). The van der Waals surface area contributed by atoms with Crippen LogP contribution < -0.4 is 10.9 Å². The Morgan fingerprint density at radius 1 is 1.19 bits per heavy atom.